The highest BCUT2D eigenvalue weighted by Gasteiger charge is 2.27. The molecule has 0 unspecified atom stereocenters. The summed E-state index contributed by atoms with van der Waals surface area (Å²) in [5, 5.41) is 0. The number of aryl methyl sites for hydroxylation is 1. The van der Waals surface area contributed by atoms with Crippen molar-refractivity contribution in [1.29, 1.82) is 0 Å². The van der Waals surface area contributed by atoms with Crippen LogP contribution in [0.4, 0.5) is 5.69 Å². The molecule has 2 aromatic carbocycles. The third-order valence-electron chi connectivity index (χ3n) is 5.57. The van der Waals surface area contributed by atoms with Crippen LogP contribution >= 0.6 is 0 Å². The average molecular weight is 393 g/mol. The first kappa shape index (κ1) is 19.5. The first-order chi connectivity index (χ1) is 14.1. The van der Waals surface area contributed by atoms with E-state index in [0.29, 0.717) is 18.7 Å². The van der Waals surface area contributed by atoms with Gasteiger partial charge in [0.1, 0.15) is 5.75 Å². The second-order valence-electron chi connectivity index (χ2n) is 7.70. The fourth-order valence-corrected chi connectivity index (χ4v) is 3.99. The van der Waals surface area contributed by atoms with Gasteiger partial charge in [0.05, 0.1) is 5.69 Å². The largest absolute Gasteiger partial charge is 0.482 e. The van der Waals surface area contributed by atoms with Crippen LogP contribution in [0.2, 0.25) is 0 Å². The third-order valence-corrected chi connectivity index (χ3v) is 5.57. The van der Waals surface area contributed by atoms with Crippen LogP contribution in [-0.2, 0) is 16.1 Å². The first-order valence-corrected chi connectivity index (χ1v) is 10.2. The van der Waals surface area contributed by atoms with Crippen molar-refractivity contribution in [2.24, 2.45) is 0 Å². The van der Waals surface area contributed by atoms with Crippen LogP contribution in [0, 0.1) is 6.92 Å². The Kier molecular flexibility index (Phi) is 5.81. The van der Waals surface area contributed by atoms with Crippen molar-refractivity contribution in [3.63, 3.8) is 0 Å². The normalized spacial score (nSPS) is 17.1. The number of hydrogen-bond donors (Lipinski definition) is 0. The SMILES string of the molecule is Cc1cccc(CN2CCN(C(=O)CCN3C(=O)COc4ccccc43)CC2)c1. The molecule has 0 radical (unpaired) electrons. The maximum atomic E-state index is 12.7. The zero-order chi connectivity index (χ0) is 20.2. The minimum absolute atomic E-state index is 0.0306. The third kappa shape index (κ3) is 4.59. The van der Waals surface area contributed by atoms with Gasteiger partial charge in [-0.3, -0.25) is 14.5 Å². The quantitative estimate of drug-likeness (QED) is 0.783. The molecule has 2 aliphatic heterocycles. The molecule has 6 nitrogen and oxygen atoms in total. The van der Waals surface area contributed by atoms with Crippen LogP contribution in [0.1, 0.15) is 17.5 Å². The van der Waals surface area contributed by atoms with Crippen LogP contribution in [0.5, 0.6) is 5.75 Å². The zero-order valence-electron chi connectivity index (χ0n) is 16.8. The molecule has 0 bridgehead atoms. The van der Waals surface area contributed by atoms with Gasteiger partial charge in [0, 0.05) is 45.7 Å². The molecule has 0 aromatic heterocycles. The molecule has 2 amide bonds. The molecule has 4 rings (SSSR count). The number of rotatable bonds is 5. The number of carbonyl (C=O) groups excluding carboxylic acids is 2. The summed E-state index contributed by atoms with van der Waals surface area (Å²) in [7, 11) is 0. The number of hydrogen-bond acceptors (Lipinski definition) is 4. The predicted molar refractivity (Wildman–Crippen MR) is 112 cm³/mol. The number of amides is 2. The van der Waals surface area contributed by atoms with Gasteiger partial charge in [-0.1, -0.05) is 42.0 Å². The monoisotopic (exact) mass is 393 g/mol. The van der Waals surface area contributed by atoms with E-state index in [1.807, 2.05) is 29.2 Å². The number of benzene rings is 2. The summed E-state index contributed by atoms with van der Waals surface area (Å²) in [6.45, 7) is 6.67. The van der Waals surface area contributed by atoms with E-state index in [-0.39, 0.29) is 18.4 Å². The Balaban J connectivity index is 1.28. The van der Waals surface area contributed by atoms with Gasteiger partial charge >= 0.3 is 0 Å². The molecule has 0 atom stereocenters. The number of para-hydroxylation sites is 2. The first-order valence-electron chi connectivity index (χ1n) is 10.2. The lowest BCUT2D eigenvalue weighted by Crippen LogP contribution is -2.49. The van der Waals surface area contributed by atoms with Crippen LogP contribution in [0.25, 0.3) is 0 Å². The summed E-state index contributed by atoms with van der Waals surface area (Å²) in [4.78, 5) is 30.9. The molecule has 2 aliphatic rings. The Bertz CT molecular complexity index is 890. The highest BCUT2D eigenvalue weighted by molar-refractivity contribution is 5.98. The van der Waals surface area contributed by atoms with Gasteiger partial charge in [0.25, 0.3) is 5.91 Å². The van der Waals surface area contributed by atoms with Crippen LogP contribution < -0.4 is 9.64 Å². The van der Waals surface area contributed by atoms with E-state index in [1.165, 1.54) is 11.1 Å². The highest BCUT2D eigenvalue weighted by Crippen LogP contribution is 2.31. The Labute approximate surface area is 171 Å². The Hall–Kier alpha value is -2.86. The molecular weight excluding hydrogens is 366 g/mol. The molecule has 0 saturated carbocycles. The van der Waals surface area contributed by atoms with Crippen molar-refractivity contribution < 1.29 is 14.3 Å². The Morgan fingerprint density at radius 3 is 2.62 bits per heavy atom. The standard InChI is InChI=1S/C23H27N3O3/c1-18-5-4-6-19(15-18)16-24-11-13-25(14-12-24)22(27)9-10-26-20-7-2-3-8-21(20)29-17-23(26)28/h2-8,15H,9-14,16-17H2,1H3. The Morgan fingerprint density at radius 2 is 1.83 bits per heavy atom. The lowest BCUT2D eigenvalue weighted by molar-refractivity contribution is -0.132. The van der Waals surface area contributed by atoms with Crippen molar-refractivity contribution in [3.8, 4) is 5.75 Å². The number of piperazine rings is 1. The number of nitrogens with zero attached hydrogens (tertiary/aromatic N) is 3. The van der Waals surface area contributed by atoms with Crippen LogP contribution in [0.3, 0.4) is 0 Å². The summed E-state index contributed by atoms with van der Waals surface area (Å²) in [5.41, 5.74) is 3.34. The molecule has 152 valence electrons. The smallest absolute Gasteiger partial charge is 0.265 e. The van der Waals surface area contributed by atoms with E-state index in [4.69, 9.17) is 4.74 Å². The summed E-state index contributed by atoms with van der Waals surface area (Å²) in [6.07, 6.45) is 0.331. The summed E-state index contributed by atoms with van der Waals surface area (Å²) < 4.78 is 5.46. The van der Waals surface area contributed by atoms with Crippen LogP contribution in [0.15, 0.2) is 48.5 Å². The van der Waals surface area contributed by atoms with Gasteiger partial charge in [-0.15, -0.1) is 0 Å². The van der Waals surface area contributed by atoms with E-state index in [9.17, 15) is 9.59 Å². The predicted octanol–water partition coefficient (Wildman–Crippen LogP) is 2.45. The van der Waals surface area contributed by atoms with Crippen molar-refractivity contribution >= 4 is 17.5 Å². The molecule has 1 fully saturated rings. The summed E-state index contributed by atoms with van der Waals surface area (Å²) >= 11 is 0. The molecule has 1 saturated heterocycles. The molecular formula is C23H27N3O3. The van der Waals surface area contributed by atoms with Crippen LogP contribution in [-0.4, -0.2) is 60.9 Å². The second kappa shape index (κ2) is 8.66. The fraction of sp³-hybridized carbons (Fsp3) is 0.391. The van der Waals surface area contributed by atoms with Crippen molar-refractivity contribution in [1.82, 2.24) is 9.80 Å². The number of fused-ring (bicyclic) bond motifs is 1. The highest BCUT2D eigenvalue weighted by atomic mass is 16.5. The molecule has 2 heterocycles. The second-order valence-corrected chi connectivity index (χ2v) is 7.70. The van der Waals surface area contributed by atoms with E-state index in [1.54, 1.807) is 4.90 Å². The van der Waals surface area contributed by atoms with Gasteiger partial charge in [0.15, 0.2) is 6.61 Å². The number of anilines is 1. The topological polar surface area (TPSA) is 53.1 Å². The summed E-state index contributed by atoms with van der Waals surface area (Å²) in [5.74, 6) is 0.709. The van der Waals surface area contributed by atoms with Crippen molar-refractivity contribution in [2.75, 3.05) is 44.2 Å². The van der Waals surface area contributed by atoms with E-state index in [0.717, 1.165) is 38.4 Å². The molecule has 0 N–H and O–H groups in total. The van der Waals surface area contributed by atoms with Crippen molar-refractivity contribution in [2.45, 2.75) is 19.9 Å². The van der Waals surface area contributed by atoms with Gasteiger partial charge in [-0.2, -0.15) is 0 Å². The minimum Gasteiger partial charge on any atom is -0.482 e. The lowest BCUT2D eigenvalue weighted by atomic mass is 10.1. The van der Waals surface area contributed by atoms with E-state index >= 15 is 0 Å². The average Bonchev–Trinajstić information content (AvgIpc) is 2.73. The van der Waals surface area contributed by atoms with Gasteiger partial charge in [-0.25, -0.2) is 0 Å². The minimum atomic E-state index is -0.0977. The molecule has 0 spiro atoms. The number of carbonyl (C=O) groups is 2. The summed E-state index contributed by atoms with van der Waals surface area (Å²) in [6, 6.07) is 16.0. The maximum Gasteiger partial charge on any atom is 0.265 e. The van der Waals surface area contributed by atoms with Gasteiger partial charge in [-0.05, 0) is 24.6 Å². The van der Waals surface area contributed by atoms with E-state index in [2.05, 4.69) is 36.1 Å². The van der Waals surface area contributed by atoms with Crippen molar-refractivity contribution in [3.05, 3.63) is 59.7 Å². The molecule has 2 aromatic rings. The van der Waals surface area contributed by atoms with Gasteiger partial charge in [0.2, 0.25) is 5.91 Å². The maximum absolute atomic E-state index is 12.7. The van der Waals surface area contributed by atoms with E-state index < -0.39 is 0 Å². The van der Waals surface area contributed by atoms with Gasteiger partial charge < -0.3 is 14.5 Å². The zero-order valence-corrected chi connectivity index (χ0v) is 16.8. The molecule has 29 heavy (non-hydrogen) atoms. The molecule has 0 aliphatic carbocycles. The fourth-order valence-electron chi connectivity index (χ4n) is 3.99. The molecule has 6 heteroatoms. The number of ether oxygens (including phenoxy) is 1. The lowest BCUT2D eigenvalue weighted by Gasteiger charge is -2.35. The Morgan fingerprint density at radius 1 is 1.03 bits per heavy atom.